The number of hydrogen-bond acceptors (Lipinski definition) is 6. The highest BCUT2D eigenvalue weighted by molar-refractivity contribution is 7.08. The average Bonchev–Trinajstić information content (AvgIpc) is 3.11. The highest BCUT2D eigenvalue weighted by Gasteiger charge is 2.47. The standard InChI is InChI=1S/C13H19N3O3S/c1-2-9-11(20-15-14-9)12(18)16-6-4-10(17)13(8-16)5-3-7-19-13/h10,17H,2-8H2,1H3/t10-,13-/m0/s1. The number of hydrogen-bond donors (Lipinski definition) is 1. The van der Waals surface area contributed by atoms with Gasteiger partial charge in [-0.15, -0.1) is 5.10 Å². The van der Waals surface area contributed by atoms with Crippen LogP contribution in [0, 0.1) is 0 Å². The summed E-state index contributed by atoms with van der Waals surface area (Å²) in [6.45, 7) is 3.66. The predicted octanol–water partition coefficient (Wildman–Crippen LogP) is 0.856. The second kappa shape index (κ2) is 5.38. The summed E-state index contributed by atoms with van der Waals surface area (Å²) in [4.78, 5) is 15.0. The number of piperidine rings is 1. The lowest BCUT2D eigenvalue weighted by Crippen LogP contribution is -2.57. The molecular formula is C13H19N3O3S. The number of aliphatic hydroxyl groups is 1. The van der Waals surface area contributed by atoms with Gasteiger partial charge >= 0.3 is 0 Å². The highest BCUT2D eigenvalue weighted by Crippen LogP contribution is 2.35. The van der Waals surface area contributed by atoms with E-state index in [0.29, 0.717) is 37.4 Å². The molecule has 20 heavy (non-hydrogen) atoms. The van der Waals surface area contributed by atoms with Crippen molar-refractivity contribution in [3.05, 3.63) is 10.6 Å². The van der Waals surface area contributed by atoms with Crippen LogP contribution in [0.25, 0.3) is 0 Å². The van der Waals surface area contributed by atoms with E-state index in [1.54, 1.807) is 4.90 Å². The second-order valence-electron chi connectivity index (χ2n) is 5.45. The molecule has 0 aliphatic carbocycles. The fraction of sp³-hybridized carbons (Fsp3) is 0.769. The van der Waals surface area contributed by atoms with Crippen molar-refractivity contribution < 1.29 is 14.6 Å². The molecule has 3 rings (SSSR count). The first-order valence-electron chi connectivity index (χ1n) is 7.09. The summed E-state index contributed by atoms with van der Waals surface area (Å²) in [6, 6.07) is 0. The smallest absolute Gasteiger partial charge is 0.267 e. The fourth-order valence-electron chi connectivity index (χ4n) is 3.07. The van der Waals surface area contributed by atoms with Gasteiger partial charge in [0, 0.05) is 13.2 Å². The summed E-state index contributed by atoms with van der Waals surface area (Å²) in [6.07, 6.45) is 2.56. The van der Waals surface area contributed by atoms with Crippen LogP contribution in [0.15, 0.2) is 0 Å². The molecule has 0 bridgehead atoms. The zero-order valence-corrected chi connectivity index (χ0v) is 12.4. The van der Waals surface area contributed by atoms with Crippen molar-refractivity contribution in [2.45, 2.75) is 44.3 Å². The number of aromatic nitrogens is 2. The molecular weight excluding hydrogens is 278 g/mol. The lowest BCUT2D eigenvalue weighted by atomic mass is 9.87. The largest absolute Gasteiger partial charge is 0.390 e. The molecule has 3 heterocycles. The zero-order valence-electron chi connectivity index (χ0n) is 11.5. The minimum absolute atomic E-state index is 0.0291. The number of carbonyl (C=O) groups is 1. The molecule has 2 fully saturated rings. The topological polar surface area (TPSA) is 75.6 Å². The van der Waals surface area contributed by atoms with Crippen molar-refractivity contribution >= 4 is 17.4 Å². The average molecular weight is 297 g/mol. The lowest BCUT2D eigenvalue weighted by molar-refractivity contribution is -0.124. The maximum atomic E-state index is 12.6. The normalized spacial score (nSPS) is 30.1. The van der Waals surface area contributed by atoms with E-state index in [1.807, 2.05) is 6.92 Å². The number of carbonyl (C=O) groups excluding carboxylic acids is 1. The molecule has 0 radical (unpaired) electrons. The third kappa shape index (κ3) is 2.23. The molecule has 2 atom stereocenters. The molecule has 2 aliphatic heterocycles. The van der Waals surface area contributed by atoms with E-state index in [1.165, 1.54) is 0 Å². The number of likely N-dealkylation sites (tertiary alicyclic amines) is 1. The number of rotatable bonds is 2. The SMILES string of the molecule is CCc1nnsc1C(=O)N1CC[C@H](O)[C@]2(CCCO2)C1. The van der Waals surface area contributed by atoms with E-state index >= 15 is 0 Å². The van der Waals surface area contributed by atoms with E-state index in [9.17, 15) is 9.90 Å². The van der Waals surface area contributed by atoms with Crippen molar-refractivity contribution in [2.24, 2.45) is 0 Å². The Hall–Kier alpha value is -1.05. The van der Waals surface area contributed by atoms with E-state index in [-0.39, 0.29) is 5.91 Å². The predicted molar refractivity (Wildman–Crippen MR) is 73.7 cm³/mol. The Labute approximate surface area is 121 Å². The molecule has 0 unspecified atom stereocenters. The van der Waals surface area contributed by atoms with Crippen LogP contribution in [0.4, 0.5) is 0 Å². The minimum atomic E-state index is -0.557. The van der Waals surface area contributed by atoms with Gasteiger partial charge in [-0.05, 0) is 37.2 Å². The zero-order chi connectivity index (χ0) is 14.2. The number of amides is 1. The summed E-state index contributed by atoms with van der Waals surface area (Å²) in [5.41, 5.74) is 0.200. The van der Waals surface area contributed by atoms with Crippen molar-refractivity contribution in [1.82, 2.24) is 14.5 Å². The number of aryl methyl sites for hydroxylation is 1. The van der Waals surface area contributed by atoms with Gasteiger partial charge in [0.15, 0.2) is 0 Å². The van der Waals surface area contributed by atoms with Crippen molar-refractivity contribution in [3.63, 3.8) is 0 Å². The summed E-state index contributed by atoms with van der Waals surface area (Å²) >= 11 is 1.15. The van der Waals surface area contributed by atoms with Crippen LogP contribution in [-0.4, -0.2) is 56.9 Å². The van der Waals surface area contributed by atoms with E-state index in [2.05, 4.69) is 9.59 Å². The van der Waals surface area contributed by atoms with Gasteiger partial charge < -0.3 is 14.7 Å². The third-order valence-electron chi connectivity index (χ3n) is 4.24. The first-order valence-corrected chi connectivity index (χ1v) is 7.86. The number of nitrogens with zero attached hydrogens (tertiary/aromatic N) is 3. The molecule has 2 saturated heterocycles. The molecule has 110 valence electrons. The van der Waals surface area contributed by atoms with Gasteiger partial charge in [0.05, 0.1) is 18.3 Å². The maximum absolute atomic E-state index is 12.6. The van der Waals surface area contributed by atoms with E-state index in [4.69, 9.17) is 4.74 Å². The minimum Gasteiger partial charge on any atom is -0.390 e. The van der Waals surface area contributed by atoms with Gasteiger partial charge in [0.2, 0.25) is 0 Å². The van der Waals surface area contributed by atoms with Gasteiger partial charge in [-0.2, -0.15) is 0 Å². The lowest BCUT2D eigenvalue weighted by Gasteiger charge is -2.43. The molecule has 6 nitrogen and oxygen atoms in total. The Morgan fingerprint density at radius 2 is 2.50 bits per heavy atom. The van der Waals surface area contributed by atoms with Gasteiger partial charge in [0.25, 0.3) is 5.91 Å². The number of ether oxygens (including phenoxy) is 1. The second-order valence-corrected chi connectivity index (χ2v) is 6.20. The van der Waals surface area contributed by atoms with Gasteiger partial charge in [-0.3, -0.25) is 4.79 Å². The molecule has 0 aromatic carbocycles. The Morgan fingerprint density at radius 1 is 1.65 bits per heavy atom. The molecule has 1 aromatic rings. The fourth-order valence-corrected chi connectivity index (χ4v) is 3.79. The molecule has 2 aliphatic rings. The Bertz CT molecular complexity index is 499. The van der Waals surface area contributed by atoms with Crippen LogP contribution in [0.3, 0.4) is 0 Å². The number of aliphatic hydroxyl groups excluding tert-OH is 1. The summed E-state index contributed by atoms with van der Waals surface area (Å²) in [7, 11) is 0. The Morgan fingerprint density at radius 3 is 3.20 bits per heavy atom. The summed E-state index contributed by atoms with van der Waals surface area (Å²) < 4.78 is 9.65. The quantitative estimate of drug-likeness (QED) is 0.876. The molecule has 0 saturated carbocycles. The molecule has 1 amide bonds. The Kier molecular flexibility index (Phi) is 3.74. The van der Waals surface area contributed by atoms with Crippen LogP contribution >= 0.6 is 11.5 Å². The molecule has 1 spiro atoms. The Balaban J connectivity index is 1.79. The molecule has 1 N–H and O–H groups in total. The maximum Gasteiger partial charge on any atom is 0.267 e. The van der Waals surface area contributed by atoms with E-state index < -0.39 is 11.7 Å². The van der Waals surface area contributed by atoms with Gasteiger partial charge in [-0.25, -0.2) is 0 Å². The van der Waals surface area contributed by atoms with Crippen molar-refractivity contribution in [3.8, 4) is 0 Å². The van der Waals surface area contributed by atoms with Crippen molar-refractivity contribution in [2.75, 3.05) is 19.7 Å². The first-order chi connectivity index (χ1) is 9.66. The van der Waals surface area contributed by atoms with Crippen LogP contribution in [0.5, 0.6) is 0 Å². The van der Waals surface area contributed by atoms with Gasteiger partial charge in [-0.1, -0.05) is 11.4 Å². The van der Waals surface area contributed by atoms with Crippen LogP contribution < -0.4 is 0 Å². The third-order valence-corrected chi connectivity index (χ3v) is 5.00. The highest BCUT2D eigenvalue weighted by atomic mass is 32.1. The van der Waals surface area contributed by atoms with E-state index in [0.717, 1.165) is 30.1 Å². The molecule has 7 heteroatoms. The van der Waals surface area contributed by atoms with Crippen LogP contribution in [0.1, 0.15) is 41.6 Å². The summed E-state index contributed by atoms with van der Waals surface area (Å²) in [5.74, 6) is -0.0291. The van der Waals surface area contributed by atoms with Crippen LogP contribution in [-0.2, 0) is 11.2 Å². The van der Waals surface area contributed by atoms with Crippen LogP contribution in [0.2, 0.25) is 0 Å². The monoisotopic (exact) mass is 297 g/mol. The van der Waals surface area contributed by atoms with Crippen molar-refractivity contribution in [1.29, 1.82) is 0 Å². The first kappa shape index (κ1) is 13.9. The van der Waals surface area contributed by atoms with Gasteiger partial charge in [0.1, 0.15) is 10.5 Å². The summed E-state index contributed by atoms with van der Waals surface area (Å²) in [5, 5.41) is 14.2. The molecule has 1 aromatic heterocycles.